The summed E-state index contributed by atoms with van der Waals surface area (Å²) in [5.41, 5.74) is 6.40. The van der Waals surface area contributed by atoms with Crippen LogP contribution in [0.15, 0.2) is 17.2 Å². The molecule has 1 rings (SSSR count). The quantitative estimate of drug-likeness (QED) is 0.612. The molecular weight excluding hydrogens is 220 g/mol. The van der Waals surface area contributed by atoms with Crippen molar-refractivity contribution < 1.29 is 4.74 Å². The van der Waals surface area contributed by atoms with Gasteiger partial charge in [0.25, 0.3) is 0 Å². The van der Waals surface area contributed by atoms with E-state index in [0.29, 0.717) is 11.6 Å². The minimum absolute atomic E-state index is 0.102. The predicted molar refractivity (Wildman–Crippen MR) is 70.0 cm³/mol. The number of nitrogen functional groups attached to an aromatic ring is 1. The highest BCUT2D eigenvalue weighted by molar-refractivity contribution is 7.99. The molecule has 90 valence electrons. The molecule has 0 fully saturated rings. The Labute approximate surface area is 102 Å². The number of pyridine rings is 1. The van der Waals surface area contributed by atoms with Gasteiger partial charge in [-0.3, -0.25) is 0 Å². The molecule has 0 aliphatic rings. The maximum Gasteiger partial charge on any atom is 0.238 e. The third-order valence-corrected chi connectivity index (χ3v) is 2.98. The molecule has 4 heteroatoms. The van der Waals surface area contributed by atoms with E-state index in [-0.39, 0.29) is 6.10 Å². The monoisotopic (exact) mass is 240 g/mol. The molecule has 1 heterocycles. The maximum atomic E-state index is 5.80. The minimum Gasteiger partial charge on any atom is -0.473 e. The van der Waals surface area contributed by atoms with Gasteiger partial charge in [-0.25, -0.2) is 4.98 Å². The molecule has 1 aromatic rings. The molecule has 0 aliphatic carbocycles. The second kappa shape index (κ2) is 6.63. The Bertz CT molecular complexity index is 329. The van der Waals surface area contributed by atoms with E-state index >= 15 is 0 Å². The highest BCUT2D eigenvalue weighted by Gasteiger charge is 2.06. The van der Waals surface area contributed by atoms with E-state index in [1.165, 1.54) is 12.8 Å². The maximum absolute atomic E-state index is 5.80. The number of thioether (sulfide) groups is 1. The minimum atomic E-state index is 0.102. The molecule has 0 amide bonds. The lowest BCUT2D eigenvalue weighted by Gasteiger charge is -2.11. The van der Waals surface area contributed by atoms with Crippen molar-refractivity contribution in [3.05, 3.63) is 12.1 Å². The van der Waals surface area contributed by atoms with Gasteiger partial charge in [-0.2, -0.15) is 0 Å². The third-order valence-electron chi connectivity index (χ3n) is 1.96. The van der Waals surface area contributed by atoms with Gasteiger partial charge in [0.15, 0.2) is 0 Å². The summed E-state index contributed by atoms with van der Waals surface area (Å²) in [5.74, 6) is 1.64. The molecule has 0 spiro atoms. The summed E-state index contributed by atoms with van der Waals surface area (Å²) in [5, 5.41) is 0.985. The van der Waals surface area contributed by atoms with Crippen LogP contribution in [0.1, 0.15) is 33.6 Å². The molecule has 1 aromatic heterocycles. The Balaban J connectivity index is 2.65. The Morgan fingerprint density at radius 3 is 2.81 bits per heavy atom. The summed E-state index contributed by atoms with van der Waals surface area (Å²) in [7, 11) is 0. The number of ether oxygens (including phenoxy) is 1. The first-order chi connectivity index (χ1) is 7.63. The fraction of sp³-hybridized carbons (Fsp3) is 0.583. The first-order valence-electron chi connectivity index (χ1n) is 5.69. The molecule has 3 nitrogen and oxygen atoms in total. The van der Waals surface area contributed by atoms with Crippen molar-refractivity contribution in [3.8, 4) is 5.88 Å². The number of nitrogens with two attached hydrogens (primary N) is 1. The van der Waals surface area contributed by atoms with Crippen molar-refractivity contribution in [2.75, 3.05) is 11.5 Å². The van der Waals surface area contributed by atoms with Crippen molar-refractivity contribution in [2.45, 2.75) is 44.7 Å². The van der Waals surface area contributed by atoms with E-state index in [4.69, 9.17) is 10.5 Å². The van der Waals surface area contributed by atoms with E-state index in [2.05, 4.69) is 11.9 Å². The average molecular weight is 240 g/mol. The summed E-state index contributed by atoms with van der Waals surface area (Å²) in [6, 6.07) is 3.81. The van der Waals surface area contributed by atoms with Gasteiger partial charge >= 0.3 is 0 Å². The Kier molecular flexibility index (Phi) is 5.46. The number of hydrogen-bond donors (Lipinski definition) is 1. The summed E-state index contributed by atoms with van der Waals surface area (Å²) >= 11 is 1.75. The summed E-state index contributed by atoms with van der Waals surface area (Å²) in [6.07, 6.45) is 2.51. The summed E-state index contributed by atoms with van der Waals surface area (Å²) in [6.45, 7) is 6.13. The van der Waals surface area contributed by atoms with E-state index in [1.807, 2.05) is 26.0 Å². The zero-order valence-corrected chi connectivity index (χ0v) is 11.0. The SMILES string of the molecule is CCCCSc1ccc(N)c(OC(C)C)n1. The highest BCUT2D eigenvalue weighted by atomic mass is 32.2. The van der Waals surface area contributed by atoms with Crippen LogP contribution in [0.5, 0.6) is 5.88 Å². The van der Waals surface area contributed by atoms with Gasteiger partial charge in [-0.05, 0) is 38.2 Å². The first kappa shape index (κ1) is 13.2. The van der Waals surface area contributed by atoms with Crippen molar-refractivity contribution in [3.63, 3.8) is 0 Å². The van der Waals surface area contributed by atoms with Crippen LogP contribution >= 0.6 is 11.8 Å². The zero-order chi connectivity index (χ0) is 12.0. The summed E-state index contributed by atoms with van der Waals surface area (Å²) < 4.78 is 5.54. The number of hydrogen-bond acceptors (Lipinski definition) is 4. The molecule has 0 atom stereocenters. The van der Waals surface area contributed by atoms with Crippen molar-refractivity contribution >= 4 is 17.4 Å². The molecule has 0 aliphatic heterocycles. The molecule has 0 radical (unpaired) electrons. The number of aromatic nitrogens is 1. The fourth-order valence-corrected chi connectivity index (χ4v) is 2.11. The van der Waals surface area contributed by atoms with Crippen LogP contribution < -0.4 is 10.5 Å². The van der Waals surface area contributed by atoms with Crippen molar-refractivity contribution in [2.24, 2.45) is 0 Å². The van der Waals surface area contributed by atoms with Gasteiger partial charge in [0.2, 0.25) is 5.88 Å². The van der Waals surface area contributed by atoms with Crippen LogP contribution in [0.2, 0.25) is 0 Å². The highest BCUT2D eigenvalue weighted by Crippen LogP contribution is 2.25. The van der Waals surface area contributed by atoms with E-state index in [9.17, 15) is 0 Å². The van der Waals surface area contributed by atoms with Crippen molar-refractivity contribution in [1.82, 2.24) is 4.98 Å². The Hall–Kier alpha value is -0.900. The smallest absolute Gasteiger partial charge is 0.238 e. The van der Waals surface area contributed by atoms with Crippen LogP contribution in [0.4, 0.5) is 5.69 Å². The van der Waals surface area contributed by atoms with Crippen LogP contribution in [-0.4, -0.2) is 16.8 Å². The zero-order valence-electron chi connectivity index (χ0n) is 10.2. The van der Waals surface area contributed by atoms with Gasteiger partial charge in [-0.1, -0.05) is 13.3 Å². The molecule has 0 saturated heterocycles. The second-order valence-corrected chi connectivity index (χ2v) is 5.03. The van der Waals surface area contributed by atoms with E-state index < -0.39 is 0 Å². The number of rotatable bonds is 6. The molecule has 0 aromatic carbocycles. The van der Waals surface area contributed by atoms with Gasteiger partial charge < -0.3 is 10.5 Å². The fourth-order valence-electron chi connectivity index (χ4n) is 1.15. The number of anilines is 1. The standard InChI is InChI=1S/C12H20N2OS/c1-4-5-8-16-11-7-6-10(13)12(14-11)15-9(2)3/h6-7,9H,4-5,8,13H2,1-3H3. The molecule has 0 unspecified atom stereocenters. The third kappa shape index (κ3) is 4.31. The van der Waals surface area contributed by atoms with Gasteiger partial charge in [0.1, 0.15) is 5.03 Å². The molecular formula is C12H20N2OS. The van der Waals surface area contributed by atoms with E-state index in [1.54, 1.807) is 11.8 Å². The van der Waals surface area contributed by atoms with Crippen LogP contribution in [-0.2, 0) is 0 Å². The lowest BCUT2D eigenvalue weighted by Crippen LogP contribution is -2.09. The van der Waals surface area contributed by atoms with Gasteiger partial charge in [-0.15, -0.1) is 11.8 Å². The Morgan fingerprint density at radius 2 is 2.19 bits per heavy atom. The molecule has 0 bridgehead atoms. The second-order valence-electron chi connectivity index (χ2n) is 3.91. The number of nitrogens with zero attached hydrogens (tertiary/aromatic N) is 1. The normalized spacial score (nSPS) is 10.8. The van der Waals surface area contributed by atoms with Gasteiger partial charge in [0.05, 0.1) is 11.8 Å². The van der Waals surface area contributed by atoms with Crippen molar-refractivity contribution in [1.29, 1.82) is 0 Å². The van der Waals surface area contributed by atoms with E-state index in [0.717, 1.165) is 10.8 Å². The topological polar surface area (TPSA) is 48.1 Å². The van der Waals surface area contributed by atoms with Gasteiger partial charge in [0, 0.05) is 0 Å². The lowest BCUT2D eigenvalue weighted by atomic mass is 10.4. The molecule has 16 heavy (non-hydrogen) atoms. The average Bonchev–Trinajstić information content (AvgIpc) is 2.22. The van der Waals surface area contributed by atoms with Crippen LogP contribution in [0.3, 0.4) is 0 Å². The van der Waals surface area contributed by atoms with Crippen LogP contribution in [0, 0.1) is 0 Å². The summed E-state index contributed by atoms with van der Waals surface area (Å²) in [4.78, 5) is 4.40. The predicted octanol–water partition coefficient (Wildman–Crippen LogP) is 3.34. The Morgan fingerprint density at radius 1 is 1.44 bits per heavy atom. The van der Waals surface area contributed by atoms with Crippen LogP contribution in [0.25, 0.3) is 0 Å². The molecule has 0 saturated carbocycles. The largest absolute Gasteiger partial charge is 0.473 e. The number of unbranched alkanes of at least 4 members (excludes halogenated alkanes) is 1. The first-order valence-corrected chi connectivity index (χ1v) is 6.68. The molecule has 2 N–H and O–H groups in total. The lowest BCUT2D eigenvalue weighted by molar-refractivity contribution is 0.232.